The standard InChI is InChI=1S/C21H17NO3/c23-19-10-11-20(24)22(19)13-15-12-18(14-6-2-1-3-7-14)16-8-4-5-9-17(16)21(15)25/h1-9,12,25H,10-11,13H2. The van der Waals surface area contributed by atoms with Gasteiger partial charge in [-0.05, 0) is 22.6 Å². The molecule has 0 aromatic heterocycles. The van der Waals surface area contributed by atoms with E-state index in [1.807, 2.05) is 60.7 Å². The third-order valence-corrected chi connectivity index (χ3v) is 4.66. The van der Waals surface area contributed by atoms with Crippen LogP contribution in [0.4, 0.5) is 0 Å². The molecule has 0 radical (unpaired) electrons. The fourth-order valence-corrected chi connectivity index (χ4v) is 3.36. The van der Waals surface area contributed by atoms with Gasteiger partial charge in [0, 0.05) is 23.8 Å². The van der Waals surface area contributed by atoms with Crippen LogP contribution in [0.2, 0.25) is 0 Å². The van der Waals surface area contributed by atoms with Gasteiger partial charge in [-0.15, -0.1) is 0 Å². The number of nitrogens with zero attached hydrogens (tertiary/aromatic N) is 1. The maximum Gasteiger partial charge on any atom is 0.230 e. The third kappa shape index (κ3) is 2.66. The van der Waals surface area contributed by atoms with Gasteiger partial charge < -0.3 is 5.11 Å². The number of phenolic OH excluding ortho intramolecular Hbond substituents is 1. The SMILES string of the molecule is O=C1CCC(=O)N1Cc1cc(-c2ccccc2)c2ccccc2c1O. The number of hydrogen-bond donors (Lipinski definition) is 1. The number of amides is 2. The van der Waals surface area contributed by atoms with E-state index in [-0.39, 0.29) is 37.0 Å². The van der Waals surface area contributed by atoms with Crippen molar-refractivity contribution in [3.8, 4) is 16.9 Å². The molecule has 1 saturated heterocycles. The van der Waals surface area contributed by atoms with E-state index in [4.69, 9.17) is 0 Å². The zero-order chi connectivity index (χ0) is 17.4. The van der Waals surface area contributed by atoms with E-state index >= 15 is 0 Å². The average molecular weight is 331 g/mol. The van der Waals surface area contributed by atoms with E-state index < -0.39 is 0 Å². The van der Waals surface area contributed by atoms with Gasteiger partial charge in [0.25, 0.3) is 0 Å². The molecule has 4 rings (SSSR count). The number of rotatable bonds is 3. The molecule has 1 fully saturated rings. The maximum atomic E-state index is 11.9. The maximum absolute atomic E-state index is 11.9. The van der Waals surface area contributed by atoms with Crippen molar-refractivity contribution in [2.24, 2.45) is 0 Å². The highest BCUT2D eigenvalue weighted by atomic mass is 16.3. The molecule has 4 nitrogen and oxygen atoms in total. The molecule has 1 aliphatic rings. The van der Waals surface area contributed by atoms with Gasteiger partial charge in [-0.25, -0.2) is 0 Å². The van der Waals surface area contributed by atoms with Crippen LogP contribution in [-0.2, 0) is 16.1 Å². The minimum Gasteiger partial charge on any atom is -0.507 e. The number of likely N-dealkylation sites (tertiary alicyclic amines) is 1. The van der Waals surface area contributed by atoms with Crippen molar-refractivity contribution in [3.63, 3.8) is 0 Å². The Balaban J connectivity index is 1.89. The van der Waals surface area contributed by atoms with Crippen LogP contribution in [0.15, 0.2) is 60.7 Å². The lowest BCUT2D eigenvalue weighted by Crippen LogP contribution is -2.28. The Hall–Kier alpha value is -3.14. The van der Waals surface area contributed by atoms with Crippen molar-refractivity contribution in [1.82, 2.24) is 4.90 Å². The van der Waals surface area contributed by atoms with Gasteiger partial charge in [0.05, 0.1) is 6.54 Å². The van der Waals surface area contributed by atoms with E-state index in [1.54, 1.807) is 0 Å². The molecule has 3 aromatic rings. The van der Waals surface area contributed by atoms with Crippen molar-refractivity contribution in [2.45, 2.75) is 19.4 Å². The highest BCUT2D eigenvalue weighted by Gasteiger charge is 2.29. The molecule has 4 heteroatoms. The highest BCUT2D eigenvalue weighted by Crippen LogP contribution is 2.37. The number of benzene rings is 3. The molecule has 2 amide bonds. The fraction of sp³-hybridized carbons (Fsp3) is 0.143. The highest BCUT2D eigenvalue weighted by molar-refractivity contribution is 6.03. The molecular formula is C21H17NO3. The minimum atomic E-state index is -0.182. The van der Waals surface area contributed by atoms with Crippen molar-refractivity contribution in [2.75, 3.05) is 0 Å². The predicted molar refractivity (Wildman–Crippen MR) is 95.8 cm³/mol. The summed E-state index contributed by atoms with van der Waals surface area (Å²) in [6.45, 7) is 0.105. The summed E-state index contributed by atoms with van der Waals surface area (Å²) >= 11 is 0. The lowest BCUT2D eigenvalue weighted by molar-refractivity contribution is -0.139. The predicted octanol–water partition coefficient (Wildman–Crippen LogP) is 3.86. The fourth-order valence-electron chi connectivity index (χ4n) is 3.36. The molecule has 0 atom stereocenters. The number of hydrogen-bond acceptors (Lipinski definition) is 3. The first-order chi connectivity index (χ1) is 12.1. The van der Waals surface area contributed by atoms with E-state index in [1.165, 1.54) is 4.90 Å². The van der Waals surface area contributed by atoms with Crippen LogP contribution in [-0.4, -0.2) is 21.8 Å². The van der Waals surface area contributed by atoms with Crippen LogP contribution in [0, 0.1) is 0 Å². The summed E-state index contributed by atoms with van der Waals surface area (Å²) in [5.41, 5.74) is 2.59. The minimum absolute atomic E-state index is 0.105. The second-order valence-corrected chi connectivity index (χ2v) is 6.22. The number of phenols is 1. The van der Waals surface area contributed by atoms with Gasteiger partial charge in [-0.1, -0.05) is 54.6 Å². The summed E-state index contributed by atoms with van der Waals surface area (Å²) in [7, 11) is 0. The van der Waals surface area contributed by atoms with Crippen molar-refractivity contribution < 1.29 is 14.7 Å². The first-order valence-electron chi connectivity index (χ1n) is 8.27. The van der Waals surface area contributed by atoms with Crippen LogP contribution >= 0.6 is 0 Å². The van der Waals surface area contributed by atoms with Crippen LogP contribution < -0.4 is 0 Å². The Bertz CT molecular complexity index is 963. The normalized spacial score (nSPS) is 14.5. The first kappa shape index (κ1) is 15.4. The molecule has 3 aromatic carbocycles. The Labute approximate surface area is 145 Å². The Morgan fingerprint density at radius 3 is 2.12 bits per heavy atom. The van der Waals surface area contributed by atoms with Crippen LogP contribution in [0.25, 0.3) is 21.9 Å². The number of imide groups is 1. The number of fused-ring (bicyclic) bond motifs is 1. The topological polar surface area (TPSA) is 57.6 Å². The van der Waals surface area contributed by atoms with E-state index in [2.05, 4.69) is 0 Å². The van der Waals surface area contributed by atoms with Crippen LogP contribution in [0.5, 0.6) is 5.75 Å². The smallest absolute Gasteiger partial charge is 0.230 e. The molecule has 25 heavy (non-hydrogen) atoms. The van der Waals surface area contributed by atoms with Gasteiger partial charge in [0.2, 0.25) is 11.8 Å². The monoisotopic (exact) mass is 331 g/mol. The second-order valence-electron chi connectivity index (χ2n) is 6.22. The Morgan fingerprint density at radius 2 is 1.44 bits per heavy atom. The van der Waals surface area contributed by atoms with Crippen molar-refractivity contribution in [3.05, 3.63) is 66.2 Å². The van der Waals surface area contributed by atoms with E-state index in [0.29, 0.717) is 5.56 Å². The summed E-state index contributed by atoms with van der Waals surface area (Å²) in [5, 5.41) is 12.4. The molecule has 1 heterocycles. The van der Waals surface area contributed by atoms with Gasteiger partial charge in [0.1, 0.15) is 5.75 Å². The van der Waals surface area contributed by atoms with Crippen LogP contribution in [0.3, 0.4) is 0 Å². The van der Waals surface area contributed by atoms with Gasteiger partial charge in [-0.2, -0.15) is 0 Å². The molecule has 1 N–H and O–H groups in total. The molecule has 0 aliphatic carbocycles. The Kier molecular flexibility index (Phi) is 3.73. The zero-order valence-electron chi connectivity index (χ0n) is 13.6. The quantitative estimate of drug-likeness (QED) is 0.741. The lowest BCUT2D eigenvalue weighted by atomic mass is 9.94. The summed E-state index contributed by atoms with van der Waals surface area (Å²) in [4.78, 5) is 25.1. The molecule has 0 saturated carbocycles. The number of carbonyl (C=O) groups excluding carboxylic acids is 2. The van der Waals surface area contributed by atoms with Crippen molar-refractivity contribution in [1.29, 1.82) is 0 Å². The number of aromatic hydroxyl groups is 1. The van der Waals surface area contributed by atoms with E-state index in [0.717, 1.165) is 21.9 Å². The summed E-state index contributed by atoms with van der Waals surface area (Å²) in [6, 6.07) is 19.4. The lowest BCUT2D eigenvalue weighted by Gasteiger charge is -2.18. The first-order valence-corrected chi connectivity index (χ1v) is 8.27. The van der Waals surface area contributed by atoms with Gasteiger partial charge in [-0.3, -0.25) is 14.5 Å². The second kappa shape index (κ2) is 6.06. The molecule has 0 unspecified atom stereocenters. The van der Waals surface area contributed by atoms with Gasteiger partial charge in [0.15, 0.2) is 0 Å². The largest absolute Gasteiger partial charge is 0.507 e. The average Bonchev–Trinajstić information content (AvgIpc) is 2.96. The van der Waals surface area contributed by atoms with Crippen molar-refractivity contribution >= 4 is 22.6 Å². The molecular weight excluding hydrogens is 314 g/mol. The molecule has 0 bridgehead atoms. The van der Waals surface area contributed by atoms with Crippen LogP contribution in [0.1, 0.15) is 18.4 Å². The van der Waals surface area contributed by atoms with Gasteiger partial charge >= 0.3 is 0 Å². The Morgan fingerprint density at radius 1 is 0.840 bits per heavy atom. The third-order valence-electron chi connectivity index (χ3n) is 4.66. The summed E-state index contributed by atoms with van der Waals surface area (Å²) < 4.78 is 0. The molecule has 0 spiro atoms. The molecule has 124 valence electrons. The number of carbonyl (C=O) groups is 2. The molecule has 1 aliphatic heterocycles. The zero-order valence-corrected chi connectivity index (χ0v) is 13.6. The summed E-state index contributed by atoms with van der Waals surface area (Å²) in [6.07, 6.45) is 0.497. The van der Waals surface area contributed by atoms with E-state index in [9.17, 15) is 14.7 Å². The summed E-state index contributed by atoms with van der Waals surface area (Å²) in [5.74, 6) is -0.236.